The molecule has 154 valence electrons. The molecular weight excluding hydrogens is 406 g/mol. The van der Waals surface area contributed by atoms with Crippen LogP contribution in [0.5, 0.6) is 5.75 Å². The van der Waals surface area contributed by atoms with Gasteiger partial charge in [0, 0.05) is 18.0 Å². The Bertz CT molecular complexity index is 853. The van der Waals surface area contributed by atoms with Crippen LogP contribution in [0.2, 0.25) is 0 Å². The number of thiophene rings is 1. The molecule has 1 atom stereocenters. The highest BCUT2D eigenvalue weighted by Crippen LogP contribution is 2.25. The maximum atomic E-state index is 13.1. The summed E-state index contributed by atoms with van der Waals surface area (Å²) in [5, 5.41) is 5.25. The Morgan fingerprint density at radius 1 is 1.28 bits per heavy atom. The molecule has 1 N–H and O–H groups in total. The predicted octanol–water partition coefficient (Wildman–Crippen LogP) is 2.82. The fraction of sp³-hybridized carbons (Fsp3) is 0.381. The second-order valence-corrected chi connectivity index (χ2v) is 8.15. The fourth-order valence-electron chi connectivity index (χ4n) is 3.34. The lowest BCUT2D eigenvalue weighted by Gasteiger charge is -2.24. The molecule has 1 aromatic carbocycles. The van der Waals surface area contributed by atoms with Crippen LogP contribution in [-0.2, 0) is 22.6 Å². The molecule has 6 nitrogen and oxygen atoms in total. The number of ether oxygens (including phenoxy) is 1. The predicted molar refractivity (Wildman–Crippen MR) is 118 cm³/mol. The normalized spacial score (nSPS) is 16.4. The van der Waals surface area contributed by atoms with Gasteiger partial charge in [-0.15, -0.1) is 11.3 Å². The summed E-state index contributed by atoms with van der Waals surface area (Å²) in [7, 11) is 1.64. The van der Waals surface area contributed by atoms with E-state index in [-0.39, 0.29) is 18.2 Å². The second kappa shape index (κ2) is 9.84. The van der Waals surface area contributed by atoms with E-state index >= 15 is 0 Å². The number of amides is 2. The van der Waals surface area contributed by atoms with Gasteiger partial charge in [-0.3, -0.25) is 14.5 Å². The number of methoxy groups -OCH3 is 1. The van der Waals surface area contributed by atoms with E-state index < -0.39 is 6.04 Å². The van der Waals surface area contributed by atoms with Gasteiger partial charge in [0.1, 0.15) is 11.8 Å². The minimum atomic E-state index is -0.563. The molecule has 1 unspecified atom stereocenters. The maximum absolute atomic E-state index is 13.1. The highest BCUT2D eigenvalue weighted by atomic mass is 32.1. The molecule has 2 heterocycles. The highest BCUT2D eigenvalue weighted by Gasteiger charge is 2.43. The van der Waals surface area contributed by atoms with Gasteiger partial charge in [0.2, 0.25) is 5.91 Å². The summed E-state index contributed by atoms with van der Waals surface area (Å²) in [6, 6.07) is 11.2. The summed E-state index contributed by atoms with van der Waals surface area (Å²) in [6.07, 6.45) is 0.826. The van der Waals surface area contributed by atoms with Crippen LogP contribution in [0.25, 0.3) is 0 Å². The summed E-state index contributed by atoms with van der Waals surface area (Å²) >= 11 is 7.23. The number of thiocarbonyl (C=S) groups is 1. The first-order valence-corrected chi connectivity index (χ1v) is 10.9. The molecule has 0 spiro atoms. The van der Waals surface area contributed by atoms with Crippen LogP contribution in [0.4, 0.5) is 0 Å². The molecule has 29 heavy (non-hydrogen) atoms. The topological polar surface area (TPSA) is 61.9 Å². The molecule has 0 aliphatic carbocycles. The van der Waals surface area contributed by atoms with Gasteiger partial charge in [0.05, 0.1) is 20.1 Å². The van der Waals surface area contributed by atoms with Crippen molar-refractivity contribution in [2.75, 3.05) is 20.2 Å². The lowest BCUT2D eigenvalue weighted by Crippen LogP contribution is -2.40. The van der Waals surface area contributed by atoms with Crippen molar-refractivity contribution in [3.63, 3.8) is 0 Å². The molecule has 0 saturated carbocycles. The highest BCUT2D eigenvalue weighted by molar-refractivity contribution is 7.80. The van der Waals surface area contributed by atoms with E-state index in [0.29, 0.717) is 24.7 Å². The Balaban J connectivity index is 1.74. The van der Waals surface area contributed by atoms with Gasteiger partial charge in [0.15, 0.2) is 5.11 Å². The molecule has 1 saturated heterocycles. The number of rotatable bonds is 9. The van der Waals surface area contributed by atoms with Gasteiger partial charge < -0.3 is 15.0 Å². The molecular formula is C21H25N3O3S2. The SMILES string of the molecule is CCNC(=O)CC1C(=O)N(Cc2cccs2)C(=S)N1CCc1ccc(OC)cc1. The number of hydrogen-bond acceptors (Lipinski definition) is 5. The smallest absolute Gasteiger partial charge is 0.252 e. The van der Waals surface area contributed by atoms with E-state index in [9.17, 15) is 9.59 Å². The first-order valence-electron chi connectivity index (χ1n) is 9.57. The summed E-state index contributed by atoms with van der Waals surface area (Å²) in [5.41, 5.74) is 1.12. The van der Waals surface area contributed by atoms with Crippen LogP contribution in [0, 0.1) is 0 Å². The maximum Gasteiger partial charge on any atom is 0.252 e. The molecule has 8 heteroatoms. The zero-order valence-electron chi connectivity index (χ0n) is 16.6. The number of carbonyl (C=O) groups is 2. The van der Waals surface area contributed by atoms with Gasteiger partial charge >= 0.3 is 0 Å². The van der Waals surface area contributed by atoms with Crippen LogP contribution >= 0.6 is 23.6 Å². The van der Waals surface area contributed by atoms with Crippen LogP contribution in [0.1, 0.15) is 23.8 Å². The van der Waals surface area contributed by atoms with Crippen LogP contribution in [0.3, 0.4) is 0 Å². The van der Waals surface area contributed by atoms with E-state index in [4.69, 9.17) is 17.0 Å². The molecule has 1 fully saturated rings. The van der Waals surface area contributed by atoms with Crippen molar-refractivity contribution < 1.29 is 14.3 Å². The van der Waals surface area contributed by atoms with Crippen molar-refractivity contribution in [3.8, 4) is 5.75 Å². The van der Waals surface area contributed by atoms with Gasteiger partial charge in [0.25, 0.3) is 5.91 Å². The van der Waals surface area contributed by atoms with Crippen molar-refractivity contribution in [2.24, 2.45) is 0 Å². The number of benzene rings is 1. The van der Waals surface area contributed by atoms with Crippen molar-refractivity contribution in [3.05, 3.63) is 52.2 Å². The van der Waals surface area contributed by atoms with E-state index in [1.54, 1.807) is 23.3 Å². The Labute approximate surface area is 180 Å². The monoisotopic (exact) mass is 431 g/mol. The Hall–Kier alpha value is -2.45. The molecule has 0 radical (unpaired) electrons. The van der Waals surface area contributed by atoms with E-state index in [1.165, 1.54) is 0 Å². The van der Waals surface area contributed by atoms with Crippen LogP contribution < -0.4 is 10.1 Å². The van der Waals surface area contributed by atoms with Crippen molar-refractivity contribution >= 4 is 40.5 Å². The van der Waals surface area contributed by atoms with E-state index in [0.717, 1.165) is 22.6 Å². The number of nitrogens with one attached hydrogen (secondary N) is 1. The average Bonchev–Trinajstić information content (AvgIpc) is 3.31. The average molecular weight is 432 g/mol. The molecule has 3 rings (SSSR count). The van der Waals surface area contributed by atoms with Crippen LogP contribution in [0.15, 0.2) is 41.8 Å². The third-order valence-corrected chi connectivity index (χ3v) is 6.17. The zero-order valence-corrected chi connectivity index (χ0v) is 18.2. The molecule has 2 aromatic rings. The number of hydrogen-bond donors (Lipinski definition) is 1. The zero-order chi connectivity index (χ0) is 20.8. The Kier molecular flexibility index (Phi) is 7.22. The third-order valence-electron chi connectivity index (χ3n) is 4.85. The Morgan fingerprint density at radius 3 is 2.66 bits per heavy atom. The summed E-state index contributed by atoms with van der Waals surface area (Å²) in [5.74, 6) is 0.558. The third kappa shape index (κ3) is 5.13. The van der Waals surface area contributed by atoms with Gasteiger partial charge in [-0.25, -0.2) is 0 Å². The number of nitrogens with zero attached hydrogens (tertiary/aromatic N) is 2. The molecule has 1 aliphatic heterocycles. The first kappa shape index (κ1) is 21.3. The lowest BCUT2D eigenvalue weighted by atomic mass is 10.1. The quantitative estimate of drug-likeness (QED) is 0.619. The molecule has 2 amide bonds. The van der Waals surface area contributed by atoms with Crippen LogP contribution in [-0.4, -0.2) is 53.0 Å². The second-order valence-electron chi connectivity index (χ2n) is 6.75. The minimum absolute atomic E-state index is 0.107. The van der Waals surface area contributed by atoms with Gasteiger partial charge in [-0.2, -0.15) is 0 Å². The Morgan fingerprint density at radius 2 is 2.03 bits per heavy atom. The molecule has 1 aliphatic rings. The number of carbonyl (C=O) groups excluding carboxylic acids is 2. The lowest BCUT2D eigenvalue weighted by molar-refractivity contribution is -0.132. The molecule has 0 bridgehead atoms. The standard InChI is InChI=1S/C21H25N3O3S2/c1-3-22-19(25)13-18-20(26)24(14-17-5-4-12-29-17)21(28)23(18)11-10-15-6-8-16(27-2)9-7-15/h4-9,12,18H,3,10-11,13-14H2,1-2H3,(H,22,25). The summed E-state index contributed by atoms with van der Waals surface area (Å²) in [6.45, 7) is 3.42. The van der Waals surface area contributed by atoms with Crippen molar-refractivity contribution in [1.82, 2.24) is 15.1 Å². The summed E-state index contributed by atoms with van der Waals surface area (Å²) in [4.78, 5) is 29.9. The summed E-state index contributed by atoms with van der Waals surface area (Å²) < 4.78 is 5.20. The van der Waals surface area contributed by atoms with E-state index in [2.05, 4.69) is 5.32 Å². The van der Waals surface area contributed by atoms with Gasteiger partial charge in [-0.1, -0.05) is 18.2 Å². The first-order chi connectivity index (χ1) is 14.0. The van der Waals surface area contributed by atoms with Crippen molar-refractivity contribution in [2.45, 2.75) is 32.4 Å². The largest absolute Gasteiger partial charge is 0.497 e. The minimum Gasteiger partial charge on any atom is -0.497 e. The molecule has 1 aromatic heterocycles. The van der Waals surface area contributed by atoms with E-state index in [1.807, 2.05) is 53.6 Å². The fourth-order valence-corrected chi connectivity index (χ4v) is 4.40. The van der Waals surface area contributed by atoms with Gasteiger partial charge in [-0.05, 0) is 54.7 Å². The van der Waals surface area contributed by atoms with Crippen molar-refractivity contribution in [1.29, 1.82) is 0 Å².